The largest absolute Gasteiger partial charge is 0.496 e. The Morgan fingerprint density at radius 3 is 2.42 bits per heavy atom. The molecule has 2 aromatic heterocycles. The normalized spacial score (nSPS) is 14.1. The van der Waals surface area contributed by atoms with E-state index in [4.69, 9.17) is 14.6 Å². The van der Waals surface area contributed by atoms with Gasteiger partial charge in [0.15, 0.2) is 10.8 Å². The predicted octanol–water partition coefficient (Wildman–Crippen LogP) is 5.51. The van der Waals surface area contributed by atoms with Crippen LogP contribution in [0.2, 0.25) is 0 Å². The van der Waals surface area contributed by atoms with Crippen LogP contribution >= 0.6 is 11.3 Å². The molecule has 2 amide bonds. The van der Waals surface area contributed by atoms with Crippen molar-refractivity contribution in [3.05, 3.63) is 77.4 Å². The average Bonchev–Trinajstić information content (AvgIpc) is 3.75. The zero-order chi connectivity index (χ0) is 27.9. The minimum atomic E-state index is -0.448. The molecule has 40 heavy (non-hydrogen) atoms. The number of methoxy groups -OCH3 is 2. The Morgan fingerprint density at radius 1 is 1.05 bits per heavy atom. The fourth-order valence-electron chi connectivity index (χ4n) is 5.23. The Morgan fingerprint density at radius 2 is 1.77 bits per heavy atom. The number of amides is 2. The van der Waals surface area contributed by atoms with Gasteiger partial charge in [-0.2, -0.15) is 5.10 Å². The highest BCUT2D eigenvalue weighted by Crippen LogP contribution is 2.41. The van der Waals surface area contributed by atoms with Gasteiger partial charge in [-0.05, 0) is 43.0 Å². The third-order valence-corrected chi connectivity index (χ3v) is 7.78. The molecule has 1 aliphatic rings. The Balaban J connectivity index is 1.44. The van der Waals surface area contributed by atoms with E-state index in [1.165, 1.54) is 11.3 Å². The average molecular weight is 560 g/mol. The maximum Gasteiger partial charge on any atom is 0.272 e. The molecule has 2 heterocycles. The molecule has 0 bridgehead atoms. The molecule has 2 N–H and O–H groups in total. The van der Waals surface area contributed by atoms with E-state index in [0.717, 1.165) is 42.5 Å². The highest BCUT2D eigenvalue weighted by molar-refractivity contribution is 7.13. The van der Waals surface area contributed by atoms with Crippen LogP contribution in [-0.2, 0) is 11.2 Å². The molecule has 5 rings (SSSR count). The first-order valence-corrected chi connectivity index (χ1v) is 14.3. The van der Waals surface area contributed by atoms with Crippen molar-refractivity contribution in [1.82, 2.24) is 20.1 Å². The zero-order valence-electron chi connectivity index (χ0n) is 22.6. The van der Waals surface area contributed by atoms with Gasteiger partial charge in [-0.15, -0.1) is 11.3 Å². The molecule has 1 aliphatic carbocycles. The summed E-state index contributed by atoms with van der Waals surface area (Å²) >= 11 is 1.35. The number of thiazole rings is 1. The van der Waals surface area contributed by atoms with Crippen LogP contribution in [0, 0.1) is 0 Å². The third kappa shape index (κ3) is 6.34. The number of anilines is 1. The molecule has 1 saturated carbocycles. The number of carbonyl (C=O) groups is 2. The molecule has 0 aliphatic heterocycles. The monoisotopic (exact) mass is 559 g/mol. The lowest BCUT2D eigenvalue weighted by atomic mass is 10.0. The van der Waals surface area contributed by atoms with E-state index in [1.54, 1.807) is 31.9 Å². The van der Waals surface area contributed by atoms with E-state index < -0.39 is 6.04 Å². The number of nitrogens with one attached hydrogen (secondary N) is 2. The molecule has 4 aromatic rings. The number of rotatable bonds is 11. The molecule has 10 heteroatoms. The highest BCUT2D eigenvalue weighted by atomic mass is 32.1. The summed E-state index contributed by atoms with van der Waals surface area (Å²) in [5, 5.41) is 13.0. The SMILES string of the molecule is COc1cccc(OC)c1-c1cc(C(=O)N[C@H](CC(=O)Nc2nccs2)Cc2ccccc2)nn1C1CCCC1. The molecular weight excluding hydrogens is 526 g/mol. The highest BCUT2D eigenvalue weighted by Gasteiger charge is 2.28. The molecular formula is C30H33N5O4S. The first-order valence-electron chi connectivity index (χ1n) is 13.4. The van der Waals surface area contributed by atoms with Gasteiger partial charge in [0.05, 0.1) is 31.5 Å². The number of aromatic nitrogens is 3. The van der Waals surface area contributed by atoms with Crippen molar-refractivity contribution in [2.45, 2.75) is 50.6 Å². The van der Waals surface area contributed by atoms with Crippen molar-refractivity contribution in [2.75, 3.05) is 19.5 Å². The molecule has 0 spiro atoms. The quantitative estimate of drug-likeness (QED) is 0.251. The van der Waals surface area contributed by atoms with Crippen molar-refractivity contribution >= 4 is 28.3 Å². The summed E-state index contributed by atoms with van der Waals surface area (Å²) in [6, 6.07) is 16.9. The van der Waals surface area contributed by atoms with E-state index in [2.05, 4.69) is 15.6 Å². The van der Waals surface area contributed by atoms with Crippen molar-refractivity contribution in [1.29, 1.82) is 0 Å². The van der Waals surface area contributed by atoms with Crippen LogP contribution in [0.1, 0.15) is 54.2 Å². The van der Waals surface area contributed by atoms with Gasteiger partial charge in [0.2, 0.25) is 5.91 Å². The molecule has 0 saturated heterocycles. The van der Waals surface area contributed by atoms with Crippen molar-refractivity contribution in [2.24, 2.45) is 0 Å². The molecule has 1 atom stereocenters. The number of carbonyl (C=O) groups excluding carboxylic acids is 2. The van der Waals surface area contributed by atoms with Gasteiger partial charge in [0.25, 0.3) is 5.91 Å². The van der Waals surface area contributed by atoms with Crippen molar-refractivity contribution in [3.63, 3.8) is 0 Å². The molecule has 1 fully saturated rings. The lowest BCUT2D eigenvalue weighted by molar-refractivity contribution is -0.116. The topological polar surface area (TPSA) is 107 Å². The minimum absolute atomic E-state index is 0.0940. The summed E-state index contributed by atoms with van der Waals surface area (Å²) in [5.41, 5.74) is 2.83. The fourth-order valence-corrected chi connectivity index (χ4v) is 5.78. The number of hydrogen-bond donors (Lipinski definition) is 2. The summed E-state index contributed by atoms with van der Waals surface area (Å²) in [5.74, 6) is 0.736. The lowest BCUT2D eigenvalue weighted by Gasteiger charge is -2.18. The van der Waals surface area contributed by atoms with Gasteiger partial charge in [0, 0.05) is 24.0 Å². The smallest absolute Gasteiger partial charge is 0.272 e. The summed E-state index contributed by atoms with van der Waals surface area (Å²) in [6.45, 7) is 0. The van der Waals surface area contributed by atoms with Gasteiger partial charge in [-0.1, -0.05) is 49.2 Å². The Labute approximate surface area is 237 Å². The molecule has 208 valence electrons. The number of benzene rings is 2. The van der Waals surface area contributed by atoms with Gasteiger partial charge in [-0.25, -0.2) is 4.98 Å². The molecule has 9 nitrogen and oxygen atoms in total. The van der Waals surface area contributed by atoms with Crippen LogP contribution < -0.4 is 20.1 Å². The second-order valence-corrected chi connectivity index (χ2v) is 10.7. The van der Waals surface area contributed by atoms with E-state index >= 15 is 0 Å². The van der Waals surface area contributed by atoms with Gasteiger partial charge < -0.3 is 20.1 Å². The second-order valence-electron chi connectivity index (χ2n) is 9.78. The van der Waals surface area contributed by atoms with Crippen LogP contribution in [0.15, 0.2) is 66.2 Å². The van der Waals surface area contributed by atoms with Crippen LogP contribution in [-0.4, -0.2) is 46.8 Å². The van der Waals surface area contributed by atoms with Crippen LogP contribution in [0.3, 0.4) is 0 Å². The van der Waals surface area contributed by atoms with Gasteiger partial charge in [0.1, 0.15) is 11.5 Å². The lowest BCUT2D eigenvalue weighted by Crippen LogP contribution is -2.39. The zero-order valence-corrected chi connectivity index (χ0v) is 23.4. The minimum Gasteiger partial charge on any atom is -0.496 e. The van der Waals surface area contributed by atoms with E-state index in [0.29, 0.717) is 23.1 Å². The molecule has 0 unspecified atom stereocenters. The Bertz CT molecular complexity index is 1410. The Kier molecular flexibility index (Phi) is 8.75. The third-order valence-electron chi connectivity index (χ3n) is 7.09. The Hall–Kier alpha value is -4.18. The van der Waals surface area contributed by atoms with Crippen LogP contribution in [0.5, 0.6) is 11.5 Å². The number of hydrogen-bond acceptors (Lipinski definition) is 7. The van der Waals surface area contributed by atoms with Crippen LogP contribution in [0.25, 0.3) is 11.3 Å². The first kappa shape index (κ1) is 27.4. The fraction of sp³-hybridized carbons (Fsp3) is 0.333. The second kappa shape index (κ2) is 12.8. The summed E-state index contributed by atoms with van der Waals surface area (Å²) in [4.78, 5) is 30.6. The maximum absolute atomic E-state index is 13.7. The van der Waals surface area contributed by atoms with E-state index in [-0.39, 0.29) is 30.0 Å². The first-order chi connectivity index (χ1) is 19.6. The number of ether oxygens (including phenoxy) is 2. The maximum atomic E-state index is 13.7. The van der Waals surface area contributed by atoms with Crippen molar-refractivity contribution < 1.29 is 19.1 Å². The standard InChI is InChI=1S/C30H33N5O4S/c1-38-25-13-8-14-26(39-2)28(25)24-19-23(34-35(24)22-11-6-7-12-22)29(37)32-21(17-20-9-4-3-5-10-20)18-27(36)33-30-31-15-16-40-30/h3-5,8-10,13-16,19,21-22H,6-7,11-12,17-18H2,1-2H3,(H,32,37)(H,31,33,36)/t21-/m0/s1. The van der Waals surface area contributed by atoms with E-state index in [1.807, 2.05) is 53.2 Å². The van der Waals surface area contributed by atoms with Crippen molar-refractivity contribution in [3.8, 4) is 22.8 Å². The van der Waals surface area contributed by atoms with Crippen LogP contribution in [0.4, 0.5) is 5.13 Å². The van der Waals surface area contributed by atoms with Gasteiger partial charge >= 0.3 is 0 Å². The molecule has 2 aromatic carbocycles. The molecule has 0 radical (unpaired) electrons. The summed E-state index contributed by atoms with van der Waals surface area (Å²) < 4.78 is 13.3. The van der Waals surface area contributed by atoms with Gasteiger partial charge in [-0.3, -0.25) is 14.3 Å². The number of nitrogens with zero attached hydrogens (tertiary/aromatic N) is 3. The van der Waals surface area contributed by atoms with E-state index in [9.17, 15) is 9.59 Å². The summed E-state index contributed by atoms with van der Waals surface area (Å²) in [6.07, 6.45) is 6.43. The predicted molar refractivity (Wildman–Crippen MR) is 155 cm³/mol. The summed E-state index contributed by atoms with van der Waals surface area (Å²) in [7, 11) is 3.24.